The molecule has 0 aliphatic carbocycles. The van der Waals surface area contributed by atoms with Gasteiger partial charge in [0.1, 0.15) is 5.78 Å². The standard InChI is InChI=1S/C11H22OS/c1-5-10(4)11(12)8-13-7-6-9(2)3/h9-10H,5-8H2,1-4H3. The van der Waals surface area contributed by atoms with Gasteiger partial charge in [-0.1, -0.05) is 27.7 Å². The second-order valence-corrected chi connectivity index (χ2v) is 5.12. The molecule has 0 aliphatic heterocycles. The van der Waals surface area contributed by atoms with Crippen LogP contribution in [0.4, 0.5) is 0 Å². The second-order valence-electron chi connectivity index (χ2n) is 4.01. The van der Waals surface area contributed by atoms with Crippen LogP contribution in [0.25, 0.3) is 0 Å². The summed E-state index contributed by atoms with van der Waals surface area (Å²) in [6, 6.07) is 0. The quantitative estimate of drug-likeness (QED) is 0.589. The Bertz CT molecular complexity index is 143. The van der Waals surface area contributed by atoms with Crippen molar-refractivity contribution in [1.29, 1.82) is 0 Å². The largest absolute Gasteiger partial charge is 0.298 e. The van der Waals surface area contributed by atoms with Crippen LogP contribution in [0.2, 0.25) is 0 Å². The molecular weight excluding hydrogens is 180 g/mol. The summed E-state index contributed by atoms with van der Waals surface area (Å²) in [4.78, 5) is 11.4. The van der Waals surface area contributed by atoms with Gasteiger partial charge in [0.2, 0.25) is 0 Å². The number of carbonyl (C=O) groups is 1. The number of hydrogen-bond donors (Lipinski definition) is 0. The summed E-state index contributed by atoms with van der Waals surface area (Å²) in [6.07, 6.45) is 2.20. The van der Waals surface area contributed by atoms with Crippen LogP contribution in [0.1, 0.15) is 40.5 Å². The molecule has 0 aromatic carbocycles. The zero-order valence-electron chi connectivity index (χ0n) is 9.30. The summed E-state index contributed by atoms with van der Waals surface area (Å²) in [7, 11) is 0. The first-order valence-electron chi connectivity index (χ1n) is 5.18. The Labute approximate surface area is 86.7 Å². The van der Waals surface area contributed by atoms with Crippen molar-refractivity contribution < 1.29 is 4.79 Å². The molecule has 1 atom stereocenters. The van der Waals surface area contributed by atoms with Gasteiger partial charge in [0, 0.05) is 5.92 Å². The molecule has 0 fully saturated rings. The molecule has 0 aliphatic rings. The molecule has 0 saturated carbocycles. The van der Waals surface area contributed by atoms with Gasteiger partial charge in [-0.3, -0.25) is 4.79 Å². The van der Waals surface area contributed by atoms with Gasteiger partial charge in [-0.15, -0.1) is 0 Å². The van der Waals surface area contributed by atoms with Crippen molar-refractivity contribution in [2.75, 3.05) is 11.5 Å². The number of Topliss-reactive ketones (excluding diaryl/α,β-unsaturated/α-hetero) is 1. The molecule has 1 nitrogen and oxygen atoms in total. The van der Waals surface area contributed by atoms with Crippen LogP contribution in [0.15, 0.2) is 0 Å². The lowest BCUT2D eigenvalue weighted by molar-refractivity contribution is -0.119. The molecule has 0 radical (unpaired) electrons. The molecule has 0 rings (SSSR count). The summed E-state index contributed by atoms with van der Waals surface area (Å²) in [5.41, 5.74) is 0. The molecule has 0 aromatic rings. The molecular formula is C11H22OS. The maximum absolute atomic E-state index is 11.4. The SMILES string of the molecule is CCC(C)C(=O)CSCCC(C)C. The Balaban J connectivity index is 3.37. The van der Waals surface area contributed by atoms with Crippen molar-refractivity contribution in [2.45, 2.75) is 40.5 Å². The van der Waals surface area contributed by atoms with Crippen LogP contribution in [0, 0.1) is 11.8 Å². The maximum atomic E-state index is 11.4. The topological polar surface area (TPSA) is 17.1 Å². The highest BCUT2D eigenvalue weighted by Crippen LogP contribution is 2.12. The Morgan fingerprint density at radius 3 is 2.38 bits per heavy atom. The van der Waals surface area contributed by atoms with E-state index in [2.05, 4.69) is 20.8 Å². The Kier molecular flexibility index (Phi) is 7.44. The highest BCUT2D eigenvalue weighted by molar-refractivity contribution is 7.99. The summed E-state index contributed by atoms with van der Waals surface area (Å²) < 4.78 is 0. The number of ketones is 1. The first kappa shape index (κ1) is 13.0. The van der Waals surface area contributed by atoms with Crippen LogP contribution in [-0.4, -0.2) is 17.3 Å². The fraction of sp³-hybridized carbons (Fsp3) is 0.909. The minimum atomic E-state index is 0.256. The summed E-state index contributed by atoms with van der Waals surface area (Å²) in [6.45, 7) is 8.53. The van der Waals surface area contributed by atoms with Gasteiger partial charge in [-0.05, 0) is 24.5 Å². The van der Waals surface area contributed by atoms with E-state index in [-0.39, 0.29) is 5.92 Å². The average molecular weight is 202 g/mol. The second kappa shape index (κ2) is 7.43. The summed E-state index contributed by atoms with van der Waals surface area (Å²) in [5.74, 6) is 3.26. The van der Waals surface area contributed by atoms with E-state index in [4.69, 9.17) is 0 Å². The van der Waals surface area contributed by atoms with Gasteiger partial charge in [0.05, 0.1) is 5.75 Å². The van der Waals surface area contributed by atoms with Gasteiger partial charge in [-0.2, -0.15) is 11.8 Å². The Hall–Kier alpha value is 0.0200. The van der Waals surface area contributed by atoms with Crippen LogP contribution >= 0.6 is 11.8 Å². The zero-order valence-corrected chi connectivity index (χ0v) is 10.1. The van der Waals surface area contributed by atoms with E-state index < -0.39 is 0 Å². The van der Waals surface area contributed by atoms with Crippen molar-refractivity contribution in [1.82, 2.24) is 0 Å². The molecule has 1 unspecified atom stereocenters. The van der Waals surface area contributed by atoms with Gasteiger partial charge in [-0.25, -0.2) is 0 Å². The number of rotatable bonds is 7. The number of carbonyl (C=O) groups excluding carboxylic acids is 1. The first-order valence-corrected chi connectivity index (χ1v) is 6.33. The number of thioether (sulfide) groups is 1. The molecule has 0 aromatic heterocycles. The van der Waals surface area contributed by atoms with Crippen molar-refractivity contribution >= 4 is 17.5 Å². The predicted molar refractivity (Wildman–Crippen MR) is 61.2 cm³/mol. The minimum Gasteiger partial charge on any atom is -0.298 e. The molecule has 78 valence electrons. The van der Waals surface area contributed by atoms with Crippen molar-refractivity contribution in [3.63, 3.8) is 0 Å². The number of hydrogen-bond acceptors (Lipinski definition) is 2. The van der Waals surface area contributed by atoms with Crippen molar-refractivity contribution in [2.24, 2.45) is 11.8 Å². The molecule has 0 amide bonds. The molecule has 0 N–H and O–H groups in total. The van der Waals surface area contributed by atoms with E-state index in [9.17, 15) is 4.79 Å². The third-order valence-corrected chi connectivity index (χ3v) is 3.26. The minimum absolute atomic E-state index is 0.256. The van der Waals surface area contributed by atoms with Crippen LogP contribution < -0.4 is 0 Å². The molecule has 0 bridgehead atoms. The molecule has 0 spiro atoms. The van der Waals surface area contributed by atoms with E-state index >= 15 is 0 Å². The van der Waals surface area contributed by atoms with Crippen LogP contribution in [-0.2, 0) is 4.79 Å². The first-order chi connectivity index (χ1) is 6.07. The van der Waals surface area contributed by atoms with Gasteiger partial charge in [0.25, 0.3) is 0 Å². The smallest absolute Gasteiger partial charge is 0.145 e. The summed E-state index contributed by atoms with van der Waals surface area (Å²) in [5, 5.41) is 0. The lowest BCUT2D eigenvalue weighted by Gasteiger charge is -2.07. The van der Waals surface area contributed by atoms with Gasteiger partial charge in [0.15, 0.2) is 0 Å². The third-order valence-electron chi connectivity index (χ3n) is 2.25. The molecule has 0 saturated heterocycles. The van der Waals surface area contributed by atoms with Crippen LogP contribution in [0.3, 0.4) is 0 Å². The highest BCUT2D eigenvalue weighted by atomic mass is 32.2. The van der Waals surface area contributed by atoms with Crippen LogP contribution in [0.5, 0.6) is 0 Å². The lowest BCUT2D eigenvalue weighted by Crippen LogP contribution is -2.12. The van der Waals surface area contributed by atoms with Gasteiger partial charge >= 0.3 is 0 Å². The zero-order chi connectivity index (χ0) is 10.3. The normalized spacial score (nSPS) is 13.3. The third kappa shape index (κ3) is 7.12. The van der Waals surface area contributed by atoms with E-state index in [1.165, 1.54) is 6.42 Å². The maximum Gasteiger partial charge on any atom is 0.145 e. The fourth-order valence-corrected chi connectivity index (χ4v) is 2.13. The van der Waals surface area contributed by atoms with Crippen molar-refractivity contribution in [3.8, 4) is 0 Å². The van der Waals surface area contributed by atoms with E-state index in [0.717, 1.165) is 18.1 Å². The summed E-state index contributed by atoms with van der Waals surface area (Å²) >= 11 is 1.78. The molecule has 13 heavy (non-hydrogen) atoms. The molecule has 0 heterocycles. The molecule has 2 heteroatoms. The predicted octanol–water partition coefficient (Wildman–Crippen LogP) is 3.38. The average Bonchev–Trinajstić information content (AvgIpc) is 2.10. The monoisotopic (exact) mass is 202 g/mol. The van der Waals surface area contributed by atoms with Gasteiger partial charge < -0.3 is 0 Å². The highest BCUT2D eigenvalue weighted by Gasteiger charge is 2.09. The van der Waals surface area contributed by atoms with E-state index in [0.29, 0.717) is 11.5 Å². The van der Waals surface area contributed by atoms with E-state index in [1.54, 1.807) is 11.8 Å². The lowest BCUT2D eigenvalue weighted by atomic mass is 10.1. The Morgan fingerprint density at radius 2 is 1.92 bits per heavy atom. The fourth-order valence-electron chi connectivity index (χ4n) is 0.862. The van der Waals surface area contributed by atoms with E-state index in [1.807, 2.05) is 6.92 Å². The van der Waals surface area contributed by atoms with Crippen molar-refractivity contribution in [3.05, 3.63) is 0 Å². The Morgan fingerprint density at radius 1 is 1.31 bits per heavy atom.